The molecule has 0 bridgehead atoms. The summed E-state index contributed by atoms with van der Waals surface area (Å²) in [7, 11) is 0. The molecule has 2 amide bonds. The van der Waals surface area contributed by atoms with E-state index in [4.69, 9.17) is 5.11 Å². The van der Waals surface area contributed by atoms with Gasteiger partial charge < -0.3 is 15.3 Å². The molecule has 0 saturated carbocycles. The number of halogens is 2. The molecule has 0 saturated heterocycles. The lowest BCUT2D eigenvalue weighted by Gasteiger charge is -2.24. The van der Waals surface area contributed by atoms with Gasteiger partial charge in [-0.25, -0.2) is 8.78 Å². The van der Waals surface area contributed by atoms with Crippen LogP contribution in [0.25, 0.3) is 0 Å². The SMILES string of the molecule is CC(C)N(CC(=O)O)C(=O)CNC(=O)c1ccc(F)c(F)c1. The van der Waals surface area contributed by atoms with Gasteiger partial charge in [-0.3, -0.25) is 14.4 Å². The van der Waals surface area contributed by atoms with E-state index in [2.05, 4.69) is 5.32 Å². The van der Waals surface area contributed by atoms with Gasteiger partial charge in [0.25, 0.3) is 5.91 Å². The monoisotopic (exact) mass is 314 g/mol. The molecule has 120 valence electrons. The van der Waals surface area contributed by atoms with Crippen LogP contribution < -0.4 is 5.32 Å². The molecule has 0 fully saturated rings. The van der Waals surface area contributed by atoms with Gasteiger partial charge in [-0.1, -0.05) is 0 Å². The number of carboxylic acid groups (broad SMARTS) is 1. The minimum absolute atomic E-state index is 0.138. The van der Waals surface area contributed by atoms with Gasteiger partial charge in [0.1, 0.15) is 6.54 Å². The topological polar surface area (TPSA) is 86.7 Å². The maximum absolute atomic E-state index is 13.0. The van der Waals surface area contributed by atoms with Crippen molar-refractivity contribution in [3.05, 3.63) is 35.4 Å². The van der Waals surface area contributed by atoms with E-state index in [0.29, 0.717) is 6.07 Å². The molecular weight excluding hydrogens is 298 g/mol. The fourth-order valence-electron chi connectivity index (χ4n) is 1.70. The Labute approximate surface area is 125 Å². The first-order valence-electron chi connectivity index (χ1n) is 6.47. The van der Waals surface area contributed by atoms with Crippen LogP contribution in [0.5, 0.6) is 0 Å². The largest absolute Gasteiger partial charge is 0.480 e. The summed E-state index contributed by atoms with van der Waals surface area (Å²) in [5.41, 5.74) is -0.138. The zero-order valence-corrected chi connectivity index (χ0v) is 12.1. The van der Waals surface area contributed by atoms with Crippen molar-refractivity contribution in [2.24, 2.45) is 0 Å². The molecule has 0 aliphatic carbocycles. The number of hydrogen-bond donors (Lipinski definition) is 2. The van der Waals surface area contributed by atoms with Crippen LogP contribution in [0, 0.1) is 11.6 Å². The molecule has 0 aromatic heterocycles. The summed E-state index contributed by atoms with van der Waals surface area (Å²) < 4.78 is 25.8. The van der Waals surface area contributed by atoms with E-state index < -0.39 is 42.5 Å². The summed E-state index contributed by atoms with van der Waals surface area (Å²) in [5.74, 6) is -4.78. The van der Waals surface area contributed by atoms with E-state index >= 15 is 0 Å². The highest BCUT2D eigenvalue weighted by molar-refractivity contribution is 5.96. The summed E-state index contributed by atoms with van der Waals surface area (Å²) in [6.07, 6.45) is 0. The molecule has 0 aliphatic rings. The van der Waals surface area contributed by atoms with Gasteiger partial charge in [0.05, 0.1) is 6.54 Å². The van der Waals surface area contributed by atoms with Crippen molar-refractivity contribution in [3.63, 3.8) is 0 Å². The van der Waals surface area contributed by atoms with Crippen molar-refractivity contribution in [2.75, 3.05) is 13.1 Å². The van der Waals surface area contributed by atoms with Crippen LogP contribution in [0.3, 0.4) is 0 Å². The van der Waals surface area contributed by atoms with Gasteiger partial charge in [-0.15, -0.1) is 0 Å². The Morgan fingerprint density at radius 3 is 2.36 bits per heavy atom. The fourth-order valence-corrected chi connectivity index (χ4v) is 1.70. The van der Waals surface area contributed by atoms with Crippen LogP contribution in [-0.4, -0.2) is 46.9 Å². The van der Waals surface area contributed by atoms with Crippen molar-refractivity contribution in [2.45, 2.75) is 19.9 Å². The van der Waals surface area contributed by atoms with Crippen molar-refractivity contribution in [1.82, 2.24) is 10.2 Å². The highest BCUT2D eigenvalue weighted by atomic mass is 19.2. The molecule has 0 radical (unpaired) electrons. The number of nitrogens with zero attached hydrogens (tertiary/aromatic N) is 1. The summed E-state index contributed by atoms with van der Waals surface area (Å²) in [6, 6.07) is 2.24. The molecule has 1 aromatic rings. The number of benzene rings is 1. The lowest BCUT2D eigenvalue weighted by atomic mass is 10.2. The number of rotatable bonds is 6. The van der Waals surface area contributed by atoms with Gasteiger partial charge >= 0.3 is 5.97 Å². The molecular formula is C14H16F2N2O4. The van der Waals surface area contributed by atoms with E-state index in [9.17, 15) is 23.2 Å². The van der Waals surface area contributed by atoms with Gasteiger partial charge in [-0.2, -0.15) is 0 Å². The van der Waals surface area contributed by atoms with Crippen LogP contribution in [0.1, 0.15) is 24.2 Å². The molecule has 1 aromatic carbocycles. The van der Waals surface area contributed by atoms with Gasteiger partial charge in [-0.05, 0) is 32.0 Å². The zero-order valence-electron chi connectivity index (χ0n) is 12.1. The number of nitrogens with one attached hydrogen (secondary N) is 1. The highest BCUT2D eigenvalue weighted by Crippen LogP contribution is 2.08. The first-order chi connectivity index (χ1) is 10.2. The molecule has 22 heavy (non-hydrogen) atoms. The second-order valence-corrected chi connectivity index (χ2v) is 4.82. The van der Waals surface area contributed by atoms with E-state index in [1.807, 2.05) is 0 Å². The van der Waals surface area contributed by atoms with Crippen molar-refractivity contribution in [3.8, 4) is 0 Å². The molecule has 0 heterocycles. The summed E-state index contributed by atoms with van der Waals surface area (Å²) in [5, 5.41) is 11.0. The predicted octanol–water partition coefficient (Wildman–Crippen LogP) is 1.02. The third-order valence-electron chi connectivity index (χ3n) is 2.83. The van der Waals surface area contributed by atoms with Crippen LogP contribution in [-0.2, 0) is 9.59 Å². The molecule has 8 heteroatoms. The molecule has 0 aliphatic heterocycles. The Balaban J connectivity index is 2.67. The third kappa shape index (κ3) is 4.80. The number of carbonyl (C=O) groups excluding carboxylic acids is 2. The smallest absolute Gasteiger partial charge is 0.323 e. The van der Waals surface area contributed by atoms with E-state index in [0.717, 1.165) is 17.0 Å². The van der Waals surface area contributed by atoms with Gasteiger partial charge in [0.2, 0.25) is 5.91 Å². The lowest BCUT2D eigenvalue weighted by molar-refractivity contribution is -0.145. The number of amides is 2. The first kappa shape index (κ1) is 17.5. The molecule has 1 rings (SSSR count). The van der Waals surface area contributed by atoms with Crippen molar-refractivity contribution in [1.29, 1.82) is 0 Å². The Morgan fingerprint density at radius 2 is 1.86 bits per heavy atom. The van der Waals surface area contributed by atoms with Crippen LogP contribution in [0.2, 0.25) is 0 Å². The molecule has 2 N–H and O–H groups in total. The molecule has 0 atom stereocenters. The van der Waals surface area contributed by atoms with Crippen LogP contribution in [0.15, 0.2) is 18.2 Å². The average Bonchev–Trinajstić information content (AvgIpc) is 2.44. The van der Waals surface area contributed by atoms with E-state index in [1.165, 1.54) is 0 Å². The highest BCUT2D eigenvalue weighted by Gasteiger charge is 2.20. The average molecular weight is 314 g/mol. The van der Waals surface area contributed by atoms with E-state index in [-0.39, 0.29) is 11.6 Å². The minimum atomic E-state index is -1.17. The number of carboxylic acids is 1. The second kappa shape index (κ2) is 7.48. The predicted molar refractivity (Wildman–Crippen MR) is 73.2 cm³/mol. The summed E-state index contributed by atoms with van der Waals surface area (Å²) in [6.45, 7) is 2.34. The third-order valence-corrected chi connectivity index (χ3v) is 2.83. The number of hydrogen-bond acceptors (Lipinski definition) is 3. The van der Waals surface area contributed by atoms with Crippen molar-refractivity contribution >= 4 is 17.8 Å². The van der Waals surface area contributed by atoms with E-state index in [1.54, 1.807) is 13.8 Å². The molecule has 0 spiro atoms. The fraction of sp³-hybridized carbons (Fsp3) is 0.357. The maximum atomic E-state index is 13.0. The summed E-state index contributed by atoms with van der Waals surface area (Å²) in [4.78, 5) is 35.4. The lowest BCUT2D eigenvalue weighted by Crippen LogP contribution is -2.45. The Bertz CT molecular complexity index is 590. The van der Waals surface area contributed by atoms with Crippen LogP contribution >= 0.6 is 0 Å². The second-order valence-electron chi connectivity index (χ2n) is 4.82. The quantitative estimate of drug-likeness (QED) is 0.820. The normalized spacial score (nSPS) is 10.4. The first-order valence-corrected chi connectivity index (χ1v) is 6.47. The van der Waals surface area contributed by atoms with Crippen LogP contribution in [0.4, 0.5) is 8.78 Å². The van der Waals surface area contributed by atoms with Gasteiger partial charge in [0.15, 0.2) is 11.6 Å². The number of aliphatic carboxylic acids is 1. The molecule has 0 unspecified atom stereocenters. The van der Waals surface area contributed by atoms with Crippen molar-refractivity contribution < 1.29 is 28.3 Å². The number of carbonyl (C=O) groups is 3. The molecule has 6 nitrogen and oxygen atoms in total. The Hall–Kier alpha value is -2.51. The standard InChI is InChI=1S/C14H16F2N2O4/c1-8(2)18(7-13(20)21)12(19)6-17-14(22)9-3-4-10(15)11(16)5-9/h3-5,8H,6-7H2,1-2H3,(H,17,22)(H,20,21). The minimum Gasteiger partial charge on any atom is -0.480 e. The maximum Gasteiger partial charge on any atom is 0.323 e. The summed E-state index contributed by atoms with van der Waals surface area (Å²) >= 11 is 0. The zero-order chi connectivity index (χ0) is 16.9. The Morgan fingerprint density at radius 1 is 1.23 bits per heavy atom. The Kier molecular flexibility index (Phi) is 5.97. The van der Waals surface area contributed by atoms with Gasteiger partial charge in [0, 0.05) is 11.6 Å².